The second-order valence-corrected chi connectivity index (χ2v) is 4.00. The summed E-state index contributed by atoms with van der Waals surface area (Å²) in [5.74, 6) is -1.05. The van der Waals surface area contributed by atoms with Gasteiger partial charge in [0.1, 0.15) is 6.07 Å². The number of nitrogens with zero attached hydrogens (tertiary/aromatic N) is 1. The Balaban J connectivity index is 3.49. The van der Waals surface area contributed by atoms with Crippen LogP contribution in [0.5, 0.6) is 0 Å². The molecule has 0 saturated carbocycles. The summed E-state index contributed by atoms with van der Waals surface area (Å²) in [5.41, 5.74) is 1.16. The highest BCUT2D eigenvalue weighted by Gasteiger charge is 2.14. The summed E-state index contributed by atoms with van der Waals surface area (Å²) in [6.45, 7) is 1.90. The Morgan fingerprint density at radius 1 is 1.64 bits per heavy atom. The quantitative estimate of drug-likeness (QED) is 0.853. The molecule has 3 nitrogen and oxygen atoms in total. The Labute approximate surface area is 95.5 Å². The fraction of sp³-hybridized carbons (Fsp3) is 0.200. The van der Waals surface area contributed by atoms with Gasteiger partial charge in [-0.25, -0.2) is 4.79 Å². The van der Waals surface area contributed by atoms with Crippen LogP contribution >= 0.6 is 22.6 Å². The molecule has 1 aromatic rings. The monoisotopic (exact) mass is 301 g/mol. The second-order valence-electron chi connectivity index (χ2n) is 2.76. The van der Waals surface area contributed by atoms with Crippen molar-refractivity contribution < 1.29 is 9.90 Å². The van der Waals surface area contributed by atoms with Crippen molar-refractivity contribution in [3.63, 3.8) is 0 Å². The van der Waals surface area contributed by atoms with E-state index in [1.54, 1.807) is 0 Å². The van der Waals surface area contributed by atoms with Crippen LogP contribution in [0.2, 0.25) is 0 Å². The van der Waals surface area contributed by atoms with Crippen LogP contribution in [-0.2, 0) is 6.42 Å². The van der Waals surface area contributed by atoms with Gasteiger partial charge in [0.2, 0.25) is 0 Å². The number of hydrogen-bond donors (Lipinski definition) is 1. The van der Waals surface area contributed by atoms with Crippen molar-refractivity contribution in [1.29, 1.82) is 5.26 Å². The third-order valence-electron chi connectivity index (χ3n) is 1.91. The lowest BCUT2D eigenvalue weighted by Crippen LogP contribution is -2.04. The summed E-state index contributed by atoms with van der Waals surface area (Å²) in [5, 5.41) is 17.7. The Kier molecular flexibility index (Phi) is 3.47. The highest BCUT2D eigenvalue weighted by atomic mass is 127. The second kappa shape index (κ2) is 4.42. The molecule has 4 heteroatoms. The number of hydrogen-bond acceptors (Lipinski definition) is 2. The molecular weight excluding hydrogens is 293 g/mol. The maximum Gasteiger partial charge on any atom is 0.337 e. The van der Waals surface area contributed by atoms with Crippen LogP contribution in [0.25, 0.3) is 0 Å². The normalized spacial score (nSPS) is 9.50. The van der Waals surface area contributed by atoms with Crippen molar-refractivity contribution in [3.05, 3.63) is 32.4 Å². The van der Waals surface area contributed by atoms with Gasteiger partial charge in [-0.05, 0) is 46.7 Å². The number of aromatic carboxylic acids is 1. The van der Waals surface area contributed by atoms with Crippen LogP contribution in [0, 0.1) is 14.9 Å². The van der Waals surface area contributed by atoms with Gasteiger partial charge in [-0.3, -0.25) is 0 Å². The fourth-order valence-electron chi connectivity index (χ4n) is 1.24. The molecule has 0 unspecified atom stereocenters. The Morgan fingerprint density at radius 3 is 2.71 bits per heavy atom. The number of carbonyl (C=O) groups is 1. The summed E-state index contributed by atoms with van der Waals surface area (Å²) in [6, 6.07) is 5.29. The lowest BCUT2D eigenvalue weighted by Gasteiger charge is -2.05. The molecule has 0 aliphatic rings. The van der Waals surface area contributed by atoms with E-state index >= 15 is 0 Å². The zero-order valence-corrected chi connectivity index (χ0v) is 9.70. The van der Waals surface area contributed by atoms with Gasteiger partial charge in [0.15, 0.2) is 0 Å². The zero-order valence-electron chi connectivity index (χ0n) is 7.54. The zero-order chi connectivity index (χ0) is 10.7. The molecule has 0 bridgehead atoms. The third kappa shape index (κ3) is 2.04. The molecule has 72 valence electrons. The Morgan fingerprint density at radius 2 is 2.29 bits per heavy atom. The predicted octanol–water partition coefficient (Wildman–Crippen LogP) is 2.42. The van der Waals surface area contributed by atoms with Gasteiger partial charge in [0, 0.05) is 3.57 Å². The van der Waals surface area contributed by atoms with E-state index in [2.05, 4.69) is 0 Å². The summed E-state index contributed by atoms with van der Waals surface area (Å²) < 4.78 is 0.843. The summed E-state index contributed by atoms with van der Waals surface area (Å²) in [6.07, 6.45) is 0.667. The van der Waals surface area contributed by atoms with Crippen LogP contribution in [-0.4, -0.2) is 11.1 Å². The molecule has 0 atom stereocenters. The van der Waals surface area contributed by atoms with E-state index in [0.717, 1.165) is 9.13 Å². The summed E-state index contributed by atoms with van der Waals surface area (Å²) in [7, 11) is 0. The maximum absolute atomic E-state index is 10.8. The van der Waals surface area contributed by atoms with E-state index in [1.807, 2.05) is 41.7 Å². The molecule has 1 N–H and O–H groups in total. The van der Waals surface area contributed by atoms with Gasteiger partial charge in [0.25, 0.3) is 0 Å². The van der Waals surface area contributed by atoms with Crippen LogP contribution in [0.15, 0.2) is 12.1 Å². The van der Waals surface area contributed by atoms with Crippen molar-refractivity contribution in [2.75, 3.05) is 0 Å². The topological polar surface area (TPSA) is 61.1 Å². The van der Waals surface area contributed by atoms with Crippen molar-refractivity contribution in [2.45, 2.75) is 13.3 Å². The Hall–Kier alpha value is -1.09. The van der Waals surface area contributed by atoms with Crippen LogP contribution in [0.4, 0.5) is 0 Å². The molecule has 0 aromatic heterocycles. The molecule has 1 aromatic carbocycles. The highest BCUT2D eigenvalue weighted by Crippen LogP contribution is 2.19. The number of aryl methyl sites for hydroxylation is 1. The minimum atomic E-state index is -1.05. The molecule has 0 aliphatic heterocycles. The highest BCUT2D eigenvalue weighted by molar-refractivity contribution is 14.1. The van der Waals surface area contributed by atoms with Gasteiger partial charge < -0.3 is 5.11 Å². The van der Waals surface area contributed by atoms with E-state index in [1.165, 1.54) is 6.07 Å². The van der Waals surface area contributed by atoms with E-state index in [4.69, 9.17) is 10.4 Å². The number of nitriles is 1. The van der Waals surface area contributed by atoms with Gasteiger partial charge in [-0.2, -0.15) is 5.26 Å². The minimum Gasteiger partial charge on any atom is -0.478 e. The Bertz CT molecular complexity index is 421. The first-order valence-corrected chi connectivity index (χ1v) is 5.13. The predicted molar refractivity (Wildman–Crippen MR) is 60.2 cm³/mol. The molecule has 14 heavy (non-hydrogen) atoms. The smallest absolute Gasteiger partial charge is 0.337 e. The van der Waals surface area contributed by atoms with Crippen LogP contribution < -0.4 is 0 Å². The molecule has 0 amide bonds. The minimum absolute atomic E-state index is 0.0938. The van der Waals surface area contributed by atoms with E-state index < -0.39 is 5.97 Å². The molecule has 0 spiro atoms. The number of halogens is 1. The van der Waals surface area contributed by atoms with Gasteiger partial charge in [-0.15, -0.1) is 0 Å². The first-order chi connectivity index (χ1) is 6.60. The van der Waals surface area contributed by atoms with E-state index in [9.17, 15) is 4.79 Å². The average Bonchev–Trinajstić information content (AvgIpc) is 2.16. The lowest BCUT2D eigenvalue weighted by atomic mass is 10.0. The lowest BCUT2D eigenvalue weighted by molar-refractivity contribution is 0.0696. The first-order valence-electron chi connectivity index (χ1n) is 4.06. The largest absolute Gasteiger partial charge is 0.478 e. The first kappa shape index (κ1) is 11.0. The molecule has 0 fully saturated rings. The van der Waals surface area contributed by atoms with Crippen molar-refractivity contribution >= 4 is 28.6 Å². The van der Waals surface area contributed by atoms with Crippen LogP contribution in [0.3, 0.4) is 0 Å². The number of carboxylic acids is 1. The molecule has 0 aliphatic carbocycles. The van der Waals surface area contributed by atoms with Crippen molar-refractivity contribution in [3.8, 4) is 6.07 Å². The van der Waals surface area contributed by atoms with E-state index in [0.29, 0.717) is 6.42 Å². The van der Waals surface area contributed by atoms with Crippen molar-refractivity contribution in [1.82, 2.24) is 0 Å². The molecular formula is C10H8INO2. The molecule has 0 saturated heterocycles. The van der Waals surface area contributed by atoms with Gasteiger partial charge in [-0.1, -0.05) is 6.92 Å². The molecule has 0 radical (unpaired) electrons. The summed E-state index contributed by atoms with van der Waals surface area (Å²) in [4.78, 5) is 10.8. The van der Waals surface area contributed by atoms with Gasteiger partial charge in [0.05, 0.1) is 11.1 Å². The number of rotatable bonds is 2. The average molecular weight is 301 g/mol. The van der Waals surface area contributed by atoms with E-state index in [-0.39, 0.29) is 11.1 Å². The maximum atomic E-state index is 10.8. The molecule has 0 heterocycles. The number of carboxylic acid groups (broad SMARTS) is 1. The van der Waals surface area contributed by atoms with Crippen LogP contribution in [0.1, 0.15) is 28.4 Å². The molecule has 1 rings (SSSR count). The summed E-state index contributed by atoms with van der Waals surface area (Å²) >= 11 is 2.05. The van der Waals surface area contributed by atoms with Gasteiger partial charge >= 0.3 is 5.97 Å². The SMILES string of the molecule is CCc1cc(I)cc(C(=O)O)c1C#N. The standard InChI is InChI=1S/C10H8INO2/c1-2-6-3-7(11)4-8(10(13)14)9(6)5-12/h3-4H,2H2,1H3,(H,13,14). The van der Waals surface area contributed by atoms with Crippen molar-refractivity contribution in [2.24, 2.45) is 0 Å². The number of benzene rings is 1. The fourth-order valence-corrected chi connectivity index (χ4v) is 1.93. The third-order valence-corrected chi connectivity index (χ3v) is 2.53.